The van der Waals surface area contributed by atoms with Crippen LogP contribution in [0.5, 0.6) is 0 Å². The van der Waals surface area contributed by atoms with Crippen LogP contribution in [0.25, 0.3) is 5.65 Å². The molecule has 0 radical (unpaired) electrons. The van der Waals surface area contributed by atoms with E-state index in [4.69, 9.17) is 16.6 Å². The van der Waals surface area contributed by atoms with Gasteiger partial charge in [-0.3, -0.25) is 4.40 Å². The Balaban J connectivity index is 2.15. The maximum Gasteiger partial charge on any atom is 0.138 e. The summed E-state index contributed by atoms with van der Waals surface area (Å²) in [4.78, 5) is 4.79. The number of hydrogen-bond donors (Lipinski definition) is 1. The van der Waals surface area contributed by atoms with Gasteiger partial charge in [-0.25, -0.2) is 4.98 Å². The Kier molecular flexibility index (Phi) is 4.31. The van der Waals surface area contributed by atoms with E-state index in [1.165, 1.54) is 11.1 Å². The molecule has 2 heterocycles. The molecule has 3 aromatic rings. The van der Waals surface area contributed by atoms with Gasteiger partial charge in [0, 0.05) is 11.9 Å². The van der Waals surface area contributed by atoms with Crippen molar-refractivity contribution in [3.8, 4) is 0 Å². The van der Waals surface area contributed by atoms with Gasteiger partial charge >= 0.3 is 0 Å². The number of aryl methyl sites for hydroxylation is 2. The molecule has 0 unspecified atom stereocenters. The highest BCUT2D eigenvalue weighted by molar-refractivity contribution is 6.30. The molecule has 0 spiro atoms. The van der Waals surface area contributed by atoms with Gasteiger partial charge in [-0.15, -0.1) is 0 Å². The average Bonchev–Trinajstić information content (AvgIpc) is 2.79. The van der Waals surface area contributed by atoms with Crippen LogP contribution in [0, 0.1) is 19.8 Å². The lowest BCUT2D eigenvalue weighted by molar-refractivity contribution is 0.639. The highest BCUT2D eigenvalue weighted by Gasteiger charge is 2.15. The lowest BCUT2D eigenvalue weighted by atomic mass is 10.1. The maximum absolute atomic E-state index is 6.19. The minimum atomic E-state index is 0.536. The first-order valence-electron chi connectivity index (χ1n) is 7.95. The fourth-order valence-corrected chi connectivity index (χ4v) is 3.02. The number of imidazole rings is 1. The van der Waals surface area contributed by atoms with Gasteiger partial charge in [0.05, 0.1) is 10.7 Å². The van der Waals surface area contributed by atoms with E-state index in [2.05, 4.69) is 51.2 Å². The van der Waals surface area contributed by atoms with Gasteiger partial charge in [0.25, 0.3) is 0 Å². The SMILES string of the molecule is Cc1cccc(C)c1Nc1c(CC(C)C)nc2ccc(Cl)cn12. The molecule has 1 aromatic carbocycles. The van der Waals surface area contributed by atoms with Crippen LogP contribution in [0.4, 0.5) is 11.5 Å². The number of anilines is 2. The molecule has 1 N–H and O–H groups in total. The Morgan fingerprint density at radius 1 is 1.13 bits per heavy atom. The molecule has 0 saturated heterocycles. The average molecular weight is 328 g/mol. The zero-order chi connectivity index (χ0) is 16.6. The van der Waals surface area contributed by atoms with Gasteiger partial charge in [0.2, 0.25) is 0 Å². The minimum Gasteiger partial charge on any atom is -0.339 e. The molecule has 0 bridgehead atoms. The highest BCUT2D eigenvalue weighted by Crippen LogP contribution is 2.29. The zero-order valence-corrected chi connectivity index (χ0v) is 14.8. The monoisotopic (exact) mass is 327 g/mol. The number of aromatic nitrogens is 2. The zero-order valence-electron chi connectivity index (χ0n) is 14.0. The topological polar surface area (TPSA) is 29.3 Å². The lowest BCUT2D eigenvalue weighted by Gasteiger charge is -2.14. The molecule has 2 aromatic heterocycles. The molecule has 0 aliphatic heterocycles. The number of halogens is 1. The molecule has 0 aliphatic carbocycles. The Labute approximate surface area is 142 Å². The highest BCUT2D eigenvalue weighted by atomic mass is 35.5. The third kappa shape index (κ3) is 3.20. The second-order valence-corrected chi connectivity index (χ2v) is 6.91. The first-order valence-corrected chi connectivity index (χ1v) is 8.33. The molecular formula is C19H22ClN3. The summed E-state index contributed by atoms with van der Waals surface area (Å²) in [5.41, 5.74) is 5.57. The van der Waals surface area contributed by atoms with Gasteiger partial charge in [-0.05, 0) is 49.4 Å². The van der Waals surface area contributed by atoms with Crippen molar-refractivity contribution in [2.75, 3.05) is 5.32 Å². The van der Waals surface area contributed by atoms with Crippen LogP contribution < -0.4 is 5.32 Å². The largest absolute Gasteiger partial charge is 0.339 e. The molecule has 120 valence electrons. The normalized spacial score (nSPS) is 11.4. The molecule has 3 nitrogen and oxygen atoms in total. The van der Waals surface area contributed by atoms with Crippen molar-refractivity contribution in [1.29, 1.82) is 0 Å². The molecule has 4 heteroatoms. The van der Waals surface area contributed by atoms with E-state index in [0.717, 1.165) is 29.3 Å². The molecule has 23 heavy (non-hydrogen) atoms. The summed E-state index contributed by atoms with van der Waals surface area (Å²) in [6, 6.07) is 10.2. The maximum atomic E-state index is 6.19. The summed E-state index contributed by atoms with van der Waals surface area (Å²) >= 11 is 6.19. The summed E-state index contributed by atoms with van der Waals surface area (Å²) in [5.74, 6) is 1.54. The summed E-state index contributed by atoms with van der Waals surface area (Å²) < 4.78 is 2.05. The van der Waals surface area contributed by atoms with E-state index in [0.29, 0.717) is 10.9 Å². The third-order valence-corrected chi connectivity index (χ3v) is 4.20. The summed E-state index contributed by atoms with van der Waals surface area (Å²) in [6.45, 7) is 8.65. The molecule has 0 aliphatic rings. The fourth-order valence-electron chi connectivity index (χ4n) is 2.86. The minimum absolute atomic E-state index is 0.536. The fraction of sp³-hybridized carbons (Fsp3) is 0.316. The van der Waals surface area contributed by atoms with Crippen LogP contribution >= 0.6 is 11.6 Å². The Bertz CT molecular complexity index is 829. The predicted octanol–water partition coefficient (Wildman–Crippen LogP) is 5.55. The number of pyridine rings is 1. The smallest absolute Gasteiger partial charge is 0.138 e. The Morgan fingerprint density at radius 2 is 1.83 bits per heavy atom. The molecule has 0 amide bonds. The third-order valence-electron chi connectivity index (χ3n) is 3.98. The second-order valence-electron chi connectivity index (χ2n) is 6.47. The molecule has 0 atom stereocenters. The van der Waals surface area contributed by atoms with Crippen molar-refractivity contribution in [3.05, 3.63) is 58.4 Å². The van der Waals surface area contributed by atoms with Crippen molar-refractivity contribution >= 4 is 28.8 Å². The number of hydrogen-bond acceptors (Lipinski definition) is 2. The van der Waals surface area contributed by atoms with Crippen molar-refractivity contribution in [3.63, 3.8) is 0 Å². The standard InChI is InChI=1S/C19H22ClN3/c1-12(2)10-16-19(22-18-13(3)6-5-7-14(18)4)23-11-15(20)8-9-17(23)21-16/h5-9,11-12,22H,10H2,1-4H3. The first-order chi connectivity index (χ1) is 11.0. The first kappa shape index (κ1) is 15.9. The number of fused-ring (bicyclic) bond motifs is 1. The van der Waals surface area contributed by atoms with Gasteiger partial charge in [0.15, 0.2) is 0 Å². The van der Waals surface area contributed by atoms with Crippen LogP contribution in [-0.2, 0) is 6.42 Å². The van der Waals surface area contributed by atoms with E-state index in [-0.39, 0.29) is 0 Å². The van der Waals surface area contributed by atoms with E-state index in [1.54, 1.807) is 0 Å². The van der Waals surface area contributed by atoms with Gasteiger partial charge in [-0.1, -0.05) is 43.6 Å². The number of benzene rings is 1. The van der Waals surface area contributed by atoms with E-state index < -0.39 is 0 Å². The number of nitrogens with zero attached hydrogens (tertiary/aromatic N) is 2. The van der Waals surface area contributed by atoms with Crippen molar-refractivity contribution in [2.24, 2.45) is 5.92 Å². The van der Waals surface area contributed by atoms with Gasteiger partial charge in [-0.2, -0.15) is 0 Å². The van der Waals surface area contributed by atoms with Crippen LogP contribution in [0.3, 0.4) is 0 Å². The molecule has 0 saturated carbocycles. The molecule has 0 fully saturated rings. The molecule has 3 rings (SSSR count). The van der Waals surface area contributed by atoms with Crippen molar-refractivity contribution in [1.82, 2.24) is 9.38 Å². The van der Waals surface area contributed by atoms with Gasteiger partial charge < -0.3 is 5.32 Å². The van der Waals surface area contributed by atoms with E-state index in [9.17, 15) is 0 Å². The summed E-state index contributed by atoms with van der Waals surface area (Å²) in [7, 11) is 0. The summed E-state index contributed by atoms with van der Waals surface area (Å²) in [5, 5.41) is 4.31. The van der Waals surface area contributed by atoms with Crippen LogP contribution in [-0.4, -0.2) is 9.38 Å². The quantitative estimate of drug-likeness (QED) is 0.681. The van der Waals surface area contributed by atoms with Crippen LogP contribution in [0.15, 0.2) is 36.5 Å². The predicted molar refractivity (Wildman–Crippen MR) is 97.9 cm³/mol. The van der Waals surface area contributed by atoms with Crippen molar-refractivity contribution in [2.45, 2.75) is 34.1 Å². The van der Waals surface area contributed by atoms with Gasteiger partial charge in [0.1, 0.15) is 11.5 Å². The Hall–Kier alpha value is -2.00. The van der Waals surface area contributed by atoms with E-state index in [1.807, 2.05) is 22.7 Å². The number of nitrogens with one attached hydrogen (secondary N) is 1. The van der Waals surface area contributed by atoms with Crippen LogP contribution in [0.2, 0.25) is 5.02 Å². The molecular weight excluding hydrogens is 306 g/mol. The van der Waals surface area contributed by atoms with E-state index >= 15 is 0 Å². The second kappa shape index (κ2) is 6.25. The van der Waals surface area contributed by atoms with Crippen LogP contribution in [0.1, 0.15) is 30.7 Å². The summed E-state index contributed by atoms with van der Waals surface area (Å²) in [6.07, 6.45) is 2.84. The number of rotatable bonds is 4. The van der Waals surface area contributed by atoms with Crippen molar-refractivity contribution < 1.29 is 0 Å². The Morgan fingerprint density at radius 3 is 2.48 bits per heavy atom. The lowest BCUT2D eigenvalue weighted by Crippen LogP contribution is -2.04. The number of para-hydroxylation sites is 1.